The van der Waals surface area contributed by atoms with E-state index in [1.807, 2.05) is 0 Å². The van der Waals surface area contributed by atoms with Crippen molar-refractivity contribution in [2.24, 2.45) is 5.73 Å². The van der Waals surface area contributed by atoms with E-state index in [-0.39, 0.29) is 17.6 Å². The molecule has 6 N–H and O–H groups in total. The van der Waals surface area contributed by atoms with Crippen molar-refractivity contribution >= 4 is 45.4 Å². The van der Waals surface area contributed by atoms with E-state index in [4.69, 9.17) is 15.2 Å². The molecular weight excluding hydrogens is 548 g/mol. The Morgan fingerprint density at radius 3 is 2.46 bits per heavy atom. The summed E-state index contributed by atoms with van der Waals surface area (Å²) in [6.45, 7) is 1.42. The summed E-state index contributed by atoms with van der Waals surface area (Å²) in [5.41, 5.74) is 6.01. The lowest BCUT2D eigenvalue weighted by atomic mass is 9.89. The van der Waals surface area contributed by atoms with E-state index in [1.165, 1.54) is 26.2 Å². The van der Waals surface area contributed by atoms with Gasteiger partial charge in [-0.3, -0.25) is 19.7 Å². The van der Waals surface area contributed by atoms with Crippen molar-refractivity contribution in [3.05, 3.63) is 70.2 Å². The van der Waals surface area contributed by atoms with Crippen LogP contribution in [0.5, 0.6) is 5.75 Å². The zero-order valence-corrected chi connectivity index (χ0v) is 21.7. The number of anilines is 1. The number of amides is 4. The summed E-state index contributed by atoms with van der Waals surface area (Å²) in [6.07, 6.45) is -2.26. The SMILES string of the molecule is COc1ccc(Br)c(C(=O)NC2C=C(C(=O)NC(C)C(N)=O)CC(OC(=O)Nc3ccccc3)C2O)c1. The molecule has 3 rings (SSSR count). The molecule has 4 amide bonds. The number of carbonyl (C=O) groups is 4. The van der Waals surface area contributed by atoms with E-state index in [9.17, 15) is 24.3 Å². The fraction of sp³-hybridized carbons (Fsp3) is 0.280. The number of hydrogen-bond acceptors (Lipinski definition) is 7. The minimum Gasteiger partial charge on any atom is -0.497 e. The number of carbonyl (C=O) groups excluding carboxylic acids is 4. The lowest BCUT2D eigenvalue weighted by molar-refractivity contribution is -0.125. The number of hydrogen-bond donors (Lipinski definition) is 5. The summed E-state index contributed by atoms with van der Waals surface area (Å²) < 4.78 is 11.1. The number of primary amides is 1. The molecule has 0 fully saturated rings. The Balaban J connectivity index is 1.83. The molecule has 0 aliphatic heterocycles. The highest BCUT2D eigenvalue weighted by Gasteiger charge is 2.38. The second kappa shape index (κ2) is 12.4. The lowest BCUT2D eigenvalue weighted by Gasteiger charge is -2.33. The third-order valence-electron chi connectivity index (χ3n) is 5.61. The standard InChI is InChI=1S/C25H27BrN4O7/c1-13(22(27)32)28-23(33)14-10-19(30-24(34)17-12-16(36-2)8-9-18(17)26)21(31)20(11-14)37-25(35)29-15-6-4-3-5-7-15/h3-10,12-13,19-21,31H,11H2,1-2H3,(H2,27,32)(H,28,33)(H,29,35)(H,30,34). The van der Waals surface area contributed by atoms with Crippen LogP contribution in [0.1, 0.15) is 23.7 Å². The van der Waals surface area contributed by atoms with Gasteiger partial charge < -0.3 is 30.9 Å². The molecule has 0 radical (unpaired) electrons. The summed E-state index contributed by atoms with van der Waals surface area (Å²) in [4.78, 5) is 49.8. The van der Waals surface area contributed by atoms with Crippen molar-refractivity contribution in [1.29, 1.82) is 0 Å². The number of halogens is 1. The average molecular weight is 575 g/mol. The third-order valence-corrected chi connectivity index (χ3v) is 6.30. The highest BCUT2D eigenvalue weighted by Crippen LogP contribution is 2.26. The van der Waals surface area contributed by atoms with Crippen LogP contribution in [0.2, 0.25) is 0 Å². The fourth-order valence-electron chi connectivity index (χ4n) is 3.56. The Morgan fingerprint density at radius 1 is 1.11 bits per heavy atom. The van der Waals surface area contributed by atoms with Crippen LogP contribution in [0.25, 0.3) is 0 Å². The predicted octanol–water partition coefficient (Wildman–Crippen LogP) is 1.85. The molecule has 0 bridgehead atoms. The number of nitrogens with one attached hydrogen (secondary N) is 3. The average Bonchev–Trinajstić information content (AvgIpc) is 2.86. The van der Waals surface area contributed by atoms with Crippen molar-refractivity contribution in [1.82, 2.24) is 10.6 Å². The van der Waals surface area contributed by atoms with Crippen molar-refractivity contribution in [2.45, 2.75) is 37.6 Å². The molecule has 12 heteroatoms. The summed E-state index contributed by atoms with van der Waals surface area (Å²) in [5, 5.41) is 18.6. The van der Waals surface area contributed by atoms with Gasteiger partial charge in [0.25, 0.3) is 5.91 Å². The molecule has 1 aliphatic rings. The van der Waals surface area contributed by atoms with Crippen LogP contribution in [-0.2, 0) is 14.3 Å². The number of para-hydroxylation sites is 1. The molecule has 11 nitrogen and oxygen atoms in total. The minimum absolute atomic E-state index is 0.0888. The maximum atomic E-state index is 13.0. The van der Waals surface area contributed by atoms with Gasteiger partial charge in [0.15, 0.2) is 0 Å². The topological polar surface area (TPSA) is 169 Å². The lowest BCUT2D eigenvalue weighted by Crippen LogP contribution is -2.53. The second-order valence-electron chi connectivity index (χ2n) is 8.26. The molecule has 196 valence electrons. The molecule has 37 heavy (non-hydrogen) atoms. The molecule has 4 unspecified atom stereocenters. The van der Waals surface area contributed by atoms with Gasteiger partial charge in [-0.05, 0) is 53.2 Å². The van der Waals surface area contributed by atoms with Gasteiger partial charge in [-0.2, -0.15) is 0 Å². The largest absolute Gasteiger partial charge is 0.497 e. The highest BCUT2D eigenvalue weighted by molar-refractivity contribution is 9.10. The zero-order chi connectivity index (χ0) is 27.1. The Bertz CT molecular complexity index is 1200. The smallest absolute Gasteiger partial charge is 0.411 e. The second-order valence-corrected chi connectivity index (χ2v) is 9.12. The molecule has 0 spiro atoms. The fourth-order valence-corrected chi connectivity index (χ4v) is 3.99. The Kier molecular flexibility index (Phi) is 9.25. The van der Waals surface area contributed by atoms with Gasteiger partial charge >= 0.3 is 6.09 Å². The number of benzene rings is 2. The highest BCUT2D eigenvalue weighted by atomic mass is 79.9. The Labute approximate surface area is 221 Å². The van der Waals surface area contributed by atoms with Gasteiger partial charge in [-0.25, -0.2) is 4.79 Å². The monoisotopic (exact) mass is 574 g/mol. The van der Waals surface area contributed by atoms with Gasteiger partial charge in [-0.15, -0.1) is 0 Å². The van der Waals surface area contributed by atoms with Gasteiger partial charge in [0.05, 0.1) is 18.7 Å². The molecule has 0 heterocycles. The van der Waals surface area contributed by atoms with E-state index in [1.54, 1.807) is 42.5 Å². The van der Waals surface area contributed by atoms with Crippen molar-refractivity contribution in [3.8, 4) is 5.75 Å². The van der Waals surface area contributed by atoms with Crippen LogP contribution in [0.4, 0.5) is 10.5 Å². The van der Waals surface area contributed by atoms with Gasteiger partial charge in [0.1, 0.15) is 24.0 Å². The molecule has 2 aromatic rings. The number of methoxy groups -OCH3 is 1. The van der Waals surface area contributed by atoms with Crippen molar-refractivity contribution in [2.75, 3.05) is 12.4 Å². The molecular formula is C25H27BrN4O7. The number of ether oxygens (including phenoxy) is 2. The third kappa shape index (κ3) is 7.30. The maximum absolute atomic E-state index is 13.0. The maximum Gasteiger partial charge on any atom is 0.411 e. The van der Waals surface area contributed by atoms with E-state index in [0.717, 1.165) is 0 Å². The summed E-state index contributed by atoms with van der Waals surface area (Å²) in [6, 6.07) is 11.2. The normalized spacial score (nSPS) is 19.6. The summed E-state index contributed by atoms with van der Waals surface area (Å²) in [5.74, 6) is -1.54. The number of rotatable bonds is 8. The van der Waals surface area contributed by atoms with Crippen LogP contribution in [0.15, 0.2) is 64.7 Å². The number of aliphatic hydroxyl groups is 1. The van der Waals surface area contributed by atoms with Gasteiger partial charge in [0, 0.05) is 22.2 Å². The number of aliphatic hydroxyl groups excluding tert-OH is 1. The van der Waals surface area contributed by atoms with Gasteiger partial charge in [-0.1, -0.05) is 24.3 Å². The molecule has 1 aliphatic carbocycles. The zero-order valence-electron chi connectivity index (χ0n) is 20.1. The Hall–Kier alpha value is -3.90. The molecule has 4 atom stereocenters. The van der Waals surface area contributed by atoms with E-state index < -0.39 is 48.1 Å². The predicted molar refractivity (Wildman–Crippen MR) is 138 cm³/mol. The van der Waals surface area contributed by atoms with E-state index in [2.05, 4.69) is 31.9 Å². The Morgan fingerprint density at radius 2 is 1.81 bits per heavy atom. The molecule has 0 aromatic heterocycles. The molecule has 2 aromatic carbocycles. The van der Waals surface area contributed by atoms with E-state index >= 15 is 0 Å². The van der Waals surface area contributed by atoms with Crippen LogP contribution >= 0.6 is 15.9 Å². The molecule has 0 saturated heterocycles. The summed E-state index contributed by atoms with van der Waals surface area (Å²) >= 11 is 3.31. The minimum atomic E-state index is -1.39. The first-order chi connectivity index (χ1) is 17.6. The quantitative estimate of drug-likeness (QED) is 0.320. The number of nitrogens with two attached hydrogens (primary N) is 1. The van der Waals surface area contributed by atoms with Crippen LogP contribution in [0, 0.1) is 0 Å². The van der Waals surface area contributed by atoms with Crippen molar-refractivity contribution < 1.29 is 33.8 Å². The first kappa shape index (κ1) is 27.7. The first-order valence-electron chi connectivity index (χ1n) is 11.2. The summed E-state index contributed by atoms with van der Waals surface area (Å²) in [7, 11) is 1.46. The molecule has 0 saturated carbocycles. The van der Waals surface area contributed by atoms with E-state index in [0.29, 0.717) is 15.9 Å². The van der Waals surface area contributed by atoms with Crippen LogP contribution < -0.4 is 26.4 Å². The first-order valence-corrected chi connectivity index (χ1v) is 12.0. The van der Waals surface area contributed by atoms with Crippen molar-refractivity contribution in [3.63, 3.8) is 0 Å². The van der Waals surface area contributed by atoms with Crippen LogP contribution in [-0.4, -0.2) is 60.3 Å². The van der Waals surface area contributed by atoms with Crippen LogP contribution in [0.3, 0.4) is 0 Å². The van der Waals surface area contributed by atoms with Gasteiger partial charge in [0.2, 0.25) is 11.8 Å².